The molecule has 0 unspecified atom stereocenters. The van der Waals surface area contributed by atoms with Crippen molar-refractivity contribution in [1.29, 1.82) is 0 Å². The lowest BCUT2D eigenvalue weighted by atomic mass is 10.1. The number of carbonyl (C=O) groups is 1. The largest absolute Gasteiger partial charge is 0.508 e. The van der Waals surface area contributed by atoms with Gasteiger partial charge in [0.25, 0.3) is 0 Å². The molecule has 1 aromatic heterocycles. The predicted molar refractivity (Wildman–Crippen MR) is 77.4 cm³/mol. The van der Waals surface area contributed by atoms with E-state index in [4.69, 9.17) is 0 Å². The van der Waals surface area contributed by atoms with Gasteiger partial charge in [0.15, 0.2) is 0 Å². The molecule has 0 radical (unpaired) electrons. The highest BCUT2D eigenvalue weighted by molar-refractivity contribution is 5.79. The minimum absolute atomic E-state index is 0.000515. The predicted octanol–water partition coefficient (Wildman–Crippen LogP) is 2.03. The molecule has 4 heteroatoms. The van der Waals surface area contributed by atoms with Crippen LogP contribution in [0.25, 0.3) is 0 Å². The standard InChI is InChI=1S/C16H18N2O2/c1-18(11-8-13-6-9-17-10-7-13)16(20)12-14-4-2-3-5-15(14)19/h2-7,9-10,19H,8,11-12H2,1H3. The molecule has 1 amide bonds. The molecule has 20 heavy (non-hydrogen) atoms. The summed E-state index contributed by atoms with van der Waals surface area (Å²) in [6.07, 6.45) is 4.52. The molecular formula is C16H18N2O2. The summed E-state index contributed by atoms with van der Waals surface area (Å²) >= 11 is 0. The smallest absolute Gasteiger partial charge is 0.226 e. The van der Waals surface area contributed by atoms with Gasteiger partial charge in [0, 0.05) is 31.5 Å². The number of nitrogens with zero attached hydrogens (tertiary/aromatic N) is 2. The molecule has 1 aromatic carbocycles. The van der Waals surface area contributed by atoms with Crippen molar-refractivity contribution in [2.75, 3.05) is 13.6 Å². The number of amides is 1. The number of para-hydroxylation sites is 1. The van der Waals surface area contributed by atoms with Crippen molar-refractivity contribution in [3.63, 3.8) is 0 Å². The first kappa shape index (κ1) is 14.1. The average Bonchev–Trinajstić information content (AvgIpc) is 2.48. The van der Waals surface area contributed by atoms with E-state index in [-0.39, 0.29) is 18.1 Å². The maximum atomic E-state index is 12.1. The fraction of sp³-hybridized carbons (Fsp3) is 0.250. The van der Waals surface area contributed by atoms with E-state index in [1.54, 1.807) is 42.5 Å². The molecule has 0 atom stereocenters. The van der Waals surface area contributed by atoms with Gasteiger partial charge in [0.1, 0.15) is 5.75 Å². The van der Waals surface area contributed by atoms with Crippen molar-refractivity contribution in [2.45, 2.75) is 12.8 Å². The average molecular weight is 270 g/mol. The third kappa shape index (κ3) is 3.82. The minimum atomic E-state index is 0.000515. The van der Waals surface area contributed by atoms with Gasteiger partial charge >= 0.3 is 0 Å². The van der Waals surface area contributed by atoms with Crippen LogP contribution < -0.4 is 0 Å². The van der Waals surface area contributed by atoms with Gasteiger partial charge in [0.2, 0.25) is 5.91 Å². The quantitative estimate of drug-likeness (QED) is 0.904. The zero-order valence-corrected chi connectivity index (χ0v) is 11.5. The van der Waals surface area contributed by atoms with Crippen LogP contribution in [0.15, 0.2) is 48.8 Å². The van der Waals surface area contributed by atoms with Crippen LogP contribution in [0.5, 0.6) is 5.75 Å². The van der Waals surface area contributed by atoms with E-state index in [9.17, 15) is 9.90 Å². The van der Waals surface area contributed by atoms with Crippen LogP contribution in [0.1, 0.15) is 11.1 Å². The second kappa shape index (κ2) is 6.70. The number of likely N-dealkylation sites (N-methyl/N-ethyl adjacent to an activating group) is 1. The highest BCUT2D eigenvalue weighted by atomic mass is 16.3. The van der Waals surface area contributed by atoms with Crippen LogP contribution in [0.2, 0.25) is 0 Å². The van der Waals surface area contributed by atoms with Crippen LogP contribution >= 0.6 is 0 Å². The highest BCUT2D eigenvalue weighted by Crippen LogP contribution is 2.16. The number of carbonyl (C=O) groups excluding carboxylic acids is 1. The summed E-state index contributed by atoms with van der Waals surface area (Å²) in [5.41, 5.74) is 1.82. The summed E-state index contributed by atoms with van der Waals surface area (Å²) in [6, 6.07) is 10.8. The fourth-order valence-electron chi connectivity index (χ4n) is 1.93. The number of benzene rings is 1. The summed E-state index contributed by atoms with van der Waals surface area (Å²) in [6.45, 7) is 0.649. The monoisotopic (exact) mass is 270 g/mol. The molecule has 0 saturated carbocycles. The Morgan fingerprint density at radius 2 is 1.90 bits per heavy atom. The van der Waals surface area contributed by atoms with Crippen molar-refractivity contribution in [3.05, 3.63) is 59.9 Å². The molecule has 1 N–H and O–H groups in total. The summed E-state index contributed by atoms with van der Waals surface area (Å²) in [5.74, 6) is 0.170. The maximum absolute atomic E-state index is 12.1. The van der Waals surface area contributed by atoms with Crippen molar-refractivity contribution in [1.82, 2.24) is 9.88 Å². The van der Waals surface area contributed by atoms with E-state index in [1.807, 2.05) is 18.2 Å². The molecule has 2 aromatic rings. The van der Waals surface area contributed by atoms with E-state index in [1.165, 1.54) is 0 Å². The second-order valence-corrected chi connectivity index (χ2v) is 4.73. The number of phenolic OH excluding ortho intramolecular Hbond substituents is 1. The Morgan fingerprint density at radius 3 is 2.60 bits per heavy atom. The van der Waals surface area contributed by atoms with Crippen LogP contribution in [0, 0.1) is 0 Å². The molecule has 0 aliphatic carbocycles. The van der Waals surface area contributed by atoms with Gasteiger partial charge in [-0.25, -0.2) is 0 Å². The lowest BCUT2D eigenvalue weighted by molar-refractivity contribution is -0.129. The lowest BCUT2D eigenvalue weighted by Crippen LogP contribution is -2.30. The SMILES string of the molecule is CN(CCc1ccncc1)C(=O)Cc1ccccc1O. The normalized spacial score (nSPS) is 10.2. The molecule has 0 fully saturated rings. The van der Waals surface area contributed by atoms with E-state index >= 15 is 0 Å². The van der Waals surface area contributed by atoms with Crippen LogP contribution in [-0.4, -0.2) is 34.5 Å². The van der Waals surface area contributed by atoms with E-state index in [0.29, 0.717) is 12.1 Å². The first-order valence-corrected chi connectivity index (χ1v) is 6.56. The van der Waals surface area contributed by atoms with Gasteiger partial charge in [-0.2, -0.15) is 0 Å². The first-order chi connectivity index (χ1) is 9.66. The Kier molecular flexibility index (Phi) is 4.71. The summed E-state index contributed by atoms with van der Waals surface area (Å²) < 4.78 is 0. The number of hydrogen-bond donors (Lipinski definition) is 1. The fourth-order valence-corrected chi connectivity index (χ4v) is 1.93. The third-order valence-electron chi connectivity index (χ3n) is 3.24. The third-order valence-corrected chi connectivity index (χ3v) is 3.24. The van der Waals surface area contributed by atoms with Gasteiger partial charge in [-0.3, -0.25) is 9.78 Å². The molecular weight excluding hydrogens is 252 g/mol. The Hall–Kier alpha value is -2.36. The van der Waals surface area contributed by atoms with Crippen molar-refractivity contribution in [2.24, 2.45) is 0 Å². The van der Waals surface area contributed by atoms with Gasteiger partial charge < -0.3 is 10.0 Å². The number of pyridine rings is 1. The van der Waals surface area contributed by atoms with Crippen molar-refractivity contribution < 1.29 is 9.90 Å². The molecule has 0 bridgehead atoms. The zero-order chi connectivity index (χ0) is 14.4. The van der Waals surface area contributed by atoms with Crippen LogP contribution in [-0.2, 0) is 17.6 Å². The summed E-state index contributed by atoms with van der Waals surface area (Å²) in [4.78, 5) is 17.7. The highest BCUT2D eigenvalue weighted by Gasteiger charge is 2.11. The molecule has 0 aliphatic heterocycles. The number of rotatable bonds is 5. The van der Waals surface area contributed by atoms with Crippen LogP contribution in [0.3, 0.4) is 0 Å². The van der Waals surface area contributed by atoms with Gasteiger partial charge in [-0.1, -0.05) is 18.2 Å². The molecule has 104 valence electrons. The summed E-state index contributed by atoms with van der Waals surface area (Å²) in [5, 5.41) is 9.67. The van der Waals surface area contributed by atoms with Crippen LogP contribution in [0.4, 0.5) is 0 Å². The Bertz CT molecular complexity index is 570. The van der Waals surface area contributed by atoms with Crippen molar-refractivity contribution >= 4 is 5.91 Å². The number of hydrogen-bond acceptors (Lipinski definition) is 3. The van der Waals surface area contributed by atoms with E-state index in [0.717, 1.165) is 12.0 Å². The summed E-state index contributed by atoms with van der Waals surface area (Å²) in [7, 11) is 1.78. The Balaban J connectivity index is 1.88. The van der Waals surface area contributed by atoms with E-state index < -0.39 is 0 Å². The van der Waals surface area contributed by atoms with Gasteiger partial charge in [-0.05, 0) is 30.2 Å². The number of aromatic hydroxyl groups is 1. The maximum Gasteiger partial charge on any atom is 0.226 e. The molecule has 4 nitrogen and oxygen atoms in total. The van der Waals surface area contributed by atoms with Gasteiger partial charge in [-0.15, -0.1) is 0 Å². The number of aromatic nitrogens is 1. The Morgan fingerprint density at radius 1 is 1.20 bits per heavy atom. The molecule has 0 aliphatic rings. The van der Waals surface area contributed by atoms with Crippen molar-refractivity contribution in [3.8, 4) is 5.75 Å². The molecule has 0 spiro atoms. The Labute approximate surface area is 118 Å². The number of phenols is 1. The first-order valence-electron chi connectivity index (χ1n) is 6.56. The molecule has 0 saturated heterocycles. The molecule has 1 heterocycles. The lowest BCUT2D eigenvalue weighted by Gasteiger charge is -2.17. The molecule has 2 rings (SSSR count). The zero-order valence-electron chi connectivity index (χ0n) is 11.5. The van der Waals surface area contributed by atoms with Gasteiger partial charge in [0.05, 0.1) is 6.42 Å². The topological polar surface area (TPSA) is 53.4 Å². The van der Waals surface area contributed by atoms with E-state index in [2.05, 4.69) is 4.98 Å². The second-order valence-electron chi connectivity index (χ2n) is 4.73. The minimum Gasteiger partial charge on any atom is -0.508 e.